The first kappa shape index (κ1) is 27.0. The van der Waals surface area contributed by atoms with Gasteiger partial charge in [0.05, 0.1) is 6.61 Å². The third-order valence-electron chi connectivity index (χ3n) is 6.16. The van der Waals surface area contributed by atoms with Crippen molar-refractivity contribution in [1.82, 2.24) is 4.90 Å². The van der Waals surface area contributed by atoms with E-state index in [1.165, 1.54) is 16.7 Å². The Labute approximate surface area is 225 Å². The molecule has 0 spiro atoms. The minimum absolute atomic E-state index is 0.0978. The molecule has 0 heterocycles. The molecule has 0 radical (unpaired) electrons. The molecule has 4 aromatic rings. The zero-order chi connectivity index (χ0) is 26.7. The van der Waals surface area contributed by atoms with Crippen molar-refractivity contribution >= 4 is 5.97 Å². The molecule has 0 aromatic heterocycles. The highest BCUT2D eigenvalue weighted by Gasteiger charge is 2.10. The average Bonchev–Trinajstić information content (AvgIpc) is 2.94. The number of carbonyl (C=O) groups excluding carboxylic acids is 1. The molecule has 0 N–H and O–H groups in total. The highest BCUT2D eigenvalue weighted by atomic mass is 16.6. The number of carbonyl (C=O) groups is 1. The van der Waals surface area contributed by atoms with E-state index in [-0.39, 0.29) is 12.6 Å². The fraction of sp³-hybridized carbons (Fsp3) is 0.242. The van der Waals surface area contributed by atoms with E-state index in [0.717, 1.165) is 35.4 Å². The summed E-state index contributed by atoms with van der Waals surface area (Å²) in [5.74, 6) is 1.16. The predicted molar refractivity (Wildman–Crippen MR) is 153 cm³/mol. The molecule has 0 atom stereocenters. The van der Waals surface area contributed by atoms with Gasteiger partial charge in [0.15, 0.2) is 6.61 Å². The molecule has 0 aliphatic carbocycles. The highest BCUT2D eigenvalue weighted by molar-refractivity contribution is 5.71. The van der Waals surface area contributed by atoms with Gasteiger partial charge in [-0.15, -0.1) is 0 Å². The lowest BCUT2D eigenvalue weighted by Gasteiger charge is -2.16. The van der Waals surface area contributed by atoms with Crippen LogP contribution in [0.1, 0.15) is 18.1 Å². The van der Waals surface area contributed by atoms with E-state index in [2.05, 4.69) is 71.6 Å². The maximum Gasteiger partial charge on any atom is 0.344 e. The summed E-state index contributed by atoms with van der Waals surface area (Å²) in [4.78, 5) is 13.7. The number of likely N-dealkylation sites (N-methyl/N-ethyl adjacent to an activating group) is 1. The van der Waals surface area contributed by atoms with Crippen LogP contribution < -0.4 is 9.47 Å². The average molecular weight is 510 g/mol. The van der Waals surface area contributed by atoms with Crippen molar-refractivity contribution in [2.24, 2.45) is 0 Å². The molecule has 38 heavy (non-hydrogen) atoms. The van der Waals surface area contributed by atoms with Crippen LogP contribution in [0.15, 0.2) is 97.1 Å². The molecule has 5 heteroatoms. The van der Waals surface area contributed by atoms with Crippen molar-refractivity contribution in [2.75, 3.05) is 40.5 Å². The SMILES string of the molecule is CCOC(=O)COc1ccc(-c2ccc(OCCN(C)C)c(Cc3ccc(-c4ccccc4)cc3)c2)cc1. The van der Waals surface area contributed by atoms with Gasteiger partial charge in [0.1, 0.15) is 18.1 Å². The number of benzene rings is 4. The van der Waals surface area contributed by atoms with Crippen molar-refractivity contribution in [3.8, 4) is 33.8 Å². The van der Waals surface area contributed by atoms with Gasteiger partial charge in [-0.05, 0) is 78.7 Å². The standard InChI is InChI=1S/C33H35NO4/c1-4-36-33(35)24-38-31-17-14-28(15-18-31)29-16-19-32(37-21-20-34(2)3)30(23-29)22-25-10-12-27(13-11-25)26-8-6-5-7-9-26/h5-19,23H,4,20-22,24H2,1-3H3. The van der Waals surface area contributed by atoms with Crippen molar-refractivity contribution in [3.63, 3.8) is 0 Å². The number of ether oxygens (including phenoxy) is 3. The molecule has 0 saturated carbocycles. The predicted octanol–water partition coefficient (Wildman–Crippen LogP) is 6.49. The normalized spacial score (nSPS) is 10.8. The number of hydrogen-bond acceptors (Lipinski definition) is 5. The van der Waals surface area contributed by atoms with Crippen molar-refractivity contribution in [2.45, 2.75) is 13.3 Å². The van der Waals surface area contributed by atoms with Crippen LogP contribution >= 0.6 is 0 Å². The molecule has 0 fully saturated rings. The summed E-state index contributed by atoms with van der Waals surface area (Å²) < 4.78 is 16.7. The second-order valence-corrected chi connectivity index (χ2v) is 9.33. The number of nitrogens with zero attached hydrogens (tertiary/aromatic N) is 1. The zero-order valence-corrected chi connectivity index (χ0v) is 22.4. The summed E-state index contributed by atoms with van der Waals surface area (Å²) in [6.07, 6.45) is 0.765. The van der Waals surface area contributed by atoms with Crippen molar-refractivity contribution in [1.29, 1.82) is 0 Å². The third-order valence-corrected chi connectivity index (χ3v) is 6.16. The molecule has 0 amide bonds. The monoisotopic (exact) mass is 509 g/mol. The maximum atomic E-state index is 11.6. The van der Waals surface area contributed by atoms with Gasteiger partial charge in [-0.1, -0.05) is 72.8 Å². The minimum atomic E-state index is -0.372. The summed E-state index contributed by atoms with van der Waals surface area (Å²) in [7, 11) is 4.09. The number of hydrogen-bond donors (Lipinski definition) is 0. The summed E-state index contributed by atoms with van der Waals surface area (Å²) in [5, 5.41) is 0. The Morgan fingerprint density at radius 1 is 0.737 bits per heavy atom. The fourth-order valence-corrected chi connectivity index (χ4v) is 4.13. The van der Waals surface area contributed by atoms with E-state index in [4.69, 9.17) is 14.2 Å². The Kier molecular flexibility index (Phi) is 9.54. The van der Waals surface area contributed by atoms with E-state index in [0.29, 0.717) is 19.0 Å². The van der Waals surface area contributed by atoms with E-state index < -0.39 is 0 Å². The van der Waals surface area contributed by atoms with Crippen LogP contribution in [-0.4, -0.2) is 51.3 Å². The lowest BCUT2D eigenvalue weighted by Crippen LogP contribution is -2.19. The van der Waals surface area contributed by atoms with Crippen LogP contribution in [0, 0.1) is 0 Å². The molecule has 4 rings (SSSR count). The zero-order valence-electron chi connectivity index (χ0n) is 22.4. The Morgan fingerprint density at radius 3 is 2.05 bits per heavy atom. The van der Waals surface area contributed by atoms with Crippen LogP contribution in [0.2, 0.25) is 0 Å². The summed E-state index contributed by atoms with van der Waals surface area (Å²) in [6, 6.07) is 33.2. The topological polar surface area (TPSA) is 48.0 Å². The highest BCUT2D eigenvalue weighted by Crippen LogP contribution is 2.30. The lowest BCUT2D eigenvalue weighted by molar-refractivity contribution is -0.145. The van der Waals surface area contributed by atoms with Crippen LogP contribution in [0.5, 0.6) is 11.5 Å². The molecule has 0 aliphatic heterocycles. The molecular formula is C33H35NO4. The van der Waals surface area contributed by atoms with Crippen molar-refractivity contribution in [3.05, 3.63) is 108 Å². The van der Waals surface area contributed by atoms with E-state index >= 15 is 0 Å². The molecule has 4 aromatic carbocycles. The first-order valence-electron chi connectivity index (χ1n) is 13.0. The Balaban J connectivity index is 1.53. The molecule has 0 bridgehead atoms. The van der Waals surface area contributed by atoms with Crippen LogP contribution in [0.25, 0.3) is 22.3 Å². The Bertz CT molecular complexity index is 1300. The van der Waals surface area contributed by atoms with Gasteiger partial charge in [0.2, 0.25) is 0 Å². The van der Waals surface area contributed by atoms with Crippen LogP contribution in [-0.2, 0) is 16.0 Å². The first-order chi connectivity index (χ1) is 18.5. The molecule has 0 aliphatic rings. The van der Waals surface area contributed by atoms with Gasteiger partial charge < -0.3 is 19.1 Å². The molecule has 0 saturated heterocycles. The van der Waals surface area contributed by atoms with Gasteiger partial charge in [-0.25, -0.2) is 4.79 Å². The van der Waals surface area contributed by atoms with Gasteiger partial charge in [-0.3, -0.25) is 0 Å². The molecule has 0 unspecified atom stereocenters. The second kappa shape index (κ2) is 13.5. The Morgan fingerprint density at radius 2 is 1.37 bits per heavy atom. The van der Waals surface area contributed by atoms with E-state index in [1.54, 1.807) is 6.92 Å². The maximum absolute atomic E-state index is 11.6. The van der Waals surface area contributed by atoms with Gasteiger partial charge in [0, 0.05) is 13.0 Å². The number of esters is 1. The van der Waals surface area contributed by atoms with E-state index in [1.807, 2.05) is 44.4 Å². The smallest absolute Gasteiger partial charge is 0.344 e. The quantitative estimate of drug-likeness (QED) is 0.204. The minimum Gasteiger partial charge on any atom is -0.492 e. The summed E-state index contributed by atoms with van der Waals surface area (Å²) >= 11 is 0. The van der Waals surface area contributed by atoms with Gasteiger partial charge in [-0.2, -0.15) is 0 Å². The molecule has 196 valence electrons. The first-order valence-corrected chi connectivity index (χ1v) is 13.0. The largest absolute Gasteiger partial charge is 0.492 e. The molecular weight excluding hydrogens is 474 g/mol. The number of rotatable bonds is 12. The third kappa shape index (κ3) is 7.70. The van der Waals surface area contributed by atoms with E-state index in [9.17, 15) is 4.79 Å². The lowest BCUT2D eigenvalue weighted by atomic mass is 9.97. The van der Waals surface area contributed by atoms with Crippen LogP contribution in [0.3, 0.4) is 0 Å². The summed E-state index contributed by atoms with van der Waals surface area (Å²) in [5.41, 5.74) is 6.93. The summed E-state index contributed by atoms with van der Waals surface area (Å²) in [6.45, 7) is 3.49. The fourth-order valence-electron chi connectivity index (χ4n) is 4.13. The van der Waals surface area contributed by atoms with Crippen LogP contribution in [0.4, 0.5) is 0 Å². The second-order valence-electron chi connectivity index (χ2n) is 9.33. The van der Waals surface area contributed by atoms with Gasteiger partial charge in [0.25, 0.3) is 0 Å². The van der Waals surface area contributed by atoms with Crippen molar-refractivity contribution < 1.29 is 19.0 Å². The Hall–Kier alpha value is -4.09. The molecule has 5 nitrogen and oxygen atoms in total. The van der Waals surface area contributed by atoms with Gasteiger partial charge >= 0.3 is 5.97 Å².